The summed E-state index contributed by atoms with van der Waals surface area (Å²) in [6, 6.07) is 3.88. The Morgan fingerprint density at radius 2 is 2.03 bits per heavy atom. The lowest BCUT2D eigenvalue weighted by molar-refractivity contribution is -0.976. The fourth-order valence-electron chi connectivity index (χ4n) is 8.48. The lowest BCUT2D eigenvalue weighted by atomic mass is 9.51. The Morgan fingerprint density at radius 1 is 1.26 bits per heavy atom. The molecule has 1 aromatic carbocycles. The van der Waals surface area contributed by atoms with Gasteiger partial charge in [-0.1, -0.05) is 6.08 Å². The SMILES string of the molecule is COc1cc2c(cc1OC)[C@]13CC[N+]4(C)CC5=CCO[C@H]6CC(=O)N2[C@H]1[C@H]6[C@H]5C[C@@]34O. The van der Waals surface area contributed by atoms with Crippen molar-refractivity contribution in [2.45, 2.75) is 42.5 Å². The highest BCUT2D eigenvalue weighted by molar-refractivity contribution is 5.99. The van der Waals surface area contributed by atoms with E-state index in [1.165, 1.54) is 5.57 Å². The molecule has 7 heteroatoms. The number of fused-ring (bicyclic) bond motifs is 2. The standard InChI is InChI=1S/C24H29N2O5/c1-26-6-5-23-15-8-17(29-2)18(30-3)9-16(15)25-20(27)10-19-21(22(23)25)14(11-24(23,26)28)13(12-26)4-7-31-19/h4,8-9,14,19,21-22,28H,5-7,10-12H2,1-3H3/q+1/t14-,19-,21-,22-,23+,24+,26?/m0/s1. The second-order valence-electron chi connectivity index (χ2n) is 10.5. The van der Waals surface area contributed by atoms with Gasteiger partial charge in [-0.25, -0.2) is 0 Å². The van der Waals surface area contributed by atoms with Crippen LogP contribution in [0.5, 0.6) is 11.5 Å². The van der Waals surface area contributed by atoms with Crippen LogP contribution in [-0.4, -0.2) is 74.3 Å². The van der Waals surface area contributed by atoms with Crippen LogP contribution in [-0.2, 0) is 14.9 Å². The summed E-state index contributed by atoms with van der Waals surface area (Å²) in [5.41, 5.74) is 1.89. The molecule has 1 N–H and O–H groups in total. The van der Waals surface area contributed by atoms with Gasteiger partial charge in [-0.15, -0.1) is 0 Å². The maximum atomic E-state index is 13.6. The Kier molecular flexibility index (Phi) is 3.25. The van der Waals surface area contributed by atoms with Gasteiger partial charge in [0.1, 0.15) is 12.0 Å². The van der Waals surface area contributed by atoms with Crippen molar-refractivity contribution in [1.29, 1.82) is 0 Å². The van der Waals surface area contributed by atoms with Crippen molar-refractivity contribution in [2.24, 2.45) is 11.8 Å². The number of nitrogens with zero attached hydrogens (tertiary/aromatic N) is 2. The molecule has 7 rings (SSSR count). The zero-order valence-electron chi connectivity index (χ0n) is 18.3. The molecule has 1 spiro atoms. The van der Waals surface area contributed by atoms with Gasteiger partial charge in [-0.2, -0.15) is 0 Å². The van der Waals surface area contributed by atoms with Crippen LogP contribution in [0.4, 0.5) is 5.69 Å². The molecule has 0 aromatic heterocycles. The predicted octanol–water partition coefficient (Wildman–Crippen LogP) is 1.57. The summed E-state index contributed by atoms with van der Waals surface area (Å²) in [5.74, 6) is 1.82. The number of rotatable bonds is 2. The van der Waals surface area contributed by atoms with E-state index in [9.17, 15) is 9.90 Å². The molecule has 31 heavy (non-hydrogen) atoms. The molecule has 7 nitrogen and oxygen atoms in total. The van der Waals surface area contributed by atoms with E-state index in [1.807, 2.05) is 17.0 Å². The van der Waals surface area contributed by atoms with Crippen molar-refractivity contribution in [1.82, 2.24) is 0 Å². The lowest BCUT2D eigenvalue weighted by Gasteiger charge is -2.63. The second-order valence-corrected chi connectivity index (χ2v) is 10.5. The molecular weight excluding hydrogens is 396 g/mol. The fraction of sp³-hybridized carbons (Fsp3) is 0.625. The first-order valence-corrected chi connectivity index (χ1v) is 11.3. The number of hydrogen-bond donors (Lipinski definition) is 1. The summed E-state index contributed by atoms with van der Waals surface area (Å²) in [7, 11) is 5.46. The van der Waals surface area contributed by atoms with Crippen LogP contribution in [0.3, 0.4) is 0 Å². The van der Waals surface area contributed by atoms with Crippen molar-refractivity contribution in [3.05, 3.63) is 29.3 Å². The van der Waals surface area contributed by atoms with E-state index in [2.05, 4.69) is 13.1 Å². The Bertz CT molecular complexity index is 1070. The number of quaternary nitrogens is 1. The minimum absolute atomic E-state index is 0.0877. The molecule has 7 atom stereocenters. The van der Waals surface area contributed by atoms with Gasteiger partial charge in [0.2, 0.25) is 11.6 Å². The molecule has 5 aliphatic heterocycles. The Morgan fingerprint density at radius 3 is 2.81 bits per heavy atom. The molecule has 6 aliphatic rings. The molecule has 1 amide bonds. The fourth-order valence-corrected chi connectivity index (χ4v) is 8.48. The van der Waals surface area contributed by atoms with Crippen molar-refractivity contribution in [3.63, 3.8) is 0 Å². The summed E-state index contributed by atoms with van der Waals surface area (Å²) >= 11 is 0. The van der Waals surface area contributed by atoms with Gasteiger partial charge in [-0.05, 0) is 17.2 Å². The smallest absolute Gasteiger partial charge is 0.229 e. The van der Waals surface area contributed by atoms with Gasteiger partial charge in [-0.3, -0.25) is 9.28 Å². The van der Waals surface area contributed by atoms with Crippen LogP contribution in [0.1, 0.15) is 24.8 Å². The number of likely N-dealkylation sites (N-methyl/N-ethyl adjacent to an activating group) is 1. The third-order valence-electron chi connectivity index (χ3n) is 9.70. The van der Waals surface area contributed by atoms with E-state index < -0.39 is 11.1 Å². The number of amides is 1. The summed E-state index contributed by atoms with van der Waals surface area (Å²) in [4.78, 5) is 15.6. The summed E-state index contributed by atoms with van der Waals surface area (Å²) in [6.45, 7) is 2.32. The average Bonchev–Trinajstić information content (AvgIpc) is 3.12. The van der Waals surface area contributed by atoms with Gasteiger partial charge in [0.25, 0.3) is 0 Å². The van der Waals surface area contributed by atoms with Gasteiger partial charge in [0.15, 0.2) is 11.5 Å². The quantitative estimate of drug-likeness (QED) is 0.576. The number of ether oxygens (including phenoxy) is 3. The Balaban J connectivity index is 1.57. The number of anilines is 1. The number of piperidine rings is 2. The maximum Gasteiger partial charge on any atom is 0.229 e. The summed E-state index contributed by atoms with van der Waals surface area (Å²) in [6.07, 6.45) is 4.12. The first-order valence-electron chi connectivity index (χ1n) is 11.3. The van der Waals surface area contributed by atoms with Crippen LogP contribution in [0, 0.1) is 11.8 Å². The molecule has 2 bridgehead atoms. The van der Waals surface area contributed by atoms with Gasteiger partial charge >= 0.3 is 0 Å². The van der Waals surface area contributed by atoms with Crippen molar-refractivity contribution in [3.8, 4) is 11.5 Å². The number of carbonyl (C=O) groups is 1. The zero-order valence-corrected chi connectivity index (χ0v) is 18.3. The number of methoxy groups -OCH3 is 2. The number of carbonyl (C=O) groups excluding carboxylic acids is 1. The molecule has 1 aliphatic carbocycles. The number of hydrogen-bond acceptors (Lipinski definition) is 5. The van der Waals surface area contributed by atoms with Crippen molar-refractivity contribution in [2.75, 3.05) is 45.9 Å². The highest BCUT2D eigenvalue weighted by Crippen LogP contribution is 2.71. The van der Waals surface area contributed by atoms with Gasteiger partial charge in [0, 0.05) is 30.7 Å². The summed E-state index contributed by atoms with van der Waals surface area (Å²) in [5, 5.41) is 12.6. The van der Waals surface area contributed by atoms with Gasteiger partial charge < -0.3 is 24.2 Å². The average molecular weight is 426 g/mol. The molecule has 5 heterocycles. The van der Waals surface area contributed by atoms with Gasteiger partial charge in [0.05, 0.1) is 58.7 Å². The van der Waals surface area contributed by atoms with E-state index in [1.54, 1.807) is 14.2 Å². The largest absolute Gasteiger partial charge is 0.493 e. The van der Waals surface area contributed by atoms with E-state index in [4.69, 9.17) is 14.2 Å². The van der Waals surface area contributed by atoms with E-state index >= 15 is 0 Å². The zero-order chi connectivity index (χ0) is 21.3. The predicted molar refractivity (Wildman–Crippen MR) is 112 cm³/mol. The van der Waals surface area contributed by atoms with Crippen LogP contribution in [0.2, 0.25) is 0 Å². The molecule has 1 saturated carbocycles. The van der Waals surface area contributed by atoms with Crippen LogP contribution in [0.15, 0.2) is 23.8 Å². The molecule has 0 radical (unpaired) electrons. The van der Waals surface area contributed by atoms with E-state index in [-0.39, 0.29) is 29.9 Å². The highest BCUT2D eigenvalue weighted by atomic mass is 16.5. The minimum atomic E-state index is -0.925. The van der Waals surface area contributed by atoms with Crippen LogP contribution >= 0.6 is 0 Å². The van der Waals surface area contributed by atoms with E-state index in [0.717, 1.165) is 37.2 Å². The third kappa shape index (κ3) is 1.77. The first kappa shape index (κ1) is 18.5. The first-order chi connectivity index (χ1) is 14.9. The Hall–Kier alpha value is -2.09. The third-order valence-corrected chi connectivity index (χ3v) is 9.70. The molecule has 4 fully saturated rings. The normalized spacial score (nSPS) is 45.7. The van der Waals surface area contributed by atoms with Crippen LogP contribution in [0.25, 0.3) is 0 Å². The monoisotopic (exact) mass is 425 g/mol. The van der Waals surface area contributed by atoms with Crippen molar-refractivity contribution < 1.29 is 28.6 Å². The molecule has 3 saturated heterocycles. The van der Waals surface area contributed by atoms with E-state index in [0.29, 0.717) is 29.0 Å². The minimum Gasteiger partial charge on any atom is -0.493 e. The highest BCUT2D eigenvalue weighted by Gasteiger charge is 2.82. The topological polar surface area (TPSA) is 68.2 Å². The Labute approximate surface area is 181 Å². The molecule has 1 aromatic rings. The lowest BCUT2D eigenvalue weighted by Crippen LogP contribution is -2.78. The molecule has 1 unspecified atom stereocenters. The van der Waals surface area contributed by atoms with Crippen LogP contribution < -0.4 is 14.4 Å². The molecule has 164 valence electrons. The van der Waals surface area contributed by atoms with Crippen molar-refractivity contribution >= 4 is 11.6 Å². The molecular formula is C24H29N2O5+. The second kappa shape index (κ2) is 5.45. The number of aliphatic hydroxyl groups is 1. The maximum absolute atomic E-state index is 13.6. The summed E-state index contributed by atoms with van der Waals surface area (Å²) < 4.78 is 18.2. The number of benzene rings is 1.